The van der Waals surface area contributed by atoms with Crippen LogP contribution in [-0.4, -0.2) is 41.2 Å². The van der Waals surface area contributed by atoms with Crippen LogP contribution in [0.4, 0.5) is 11.4 Å². The molecular weight excluding hydrogens is 336 g/mol. The summed E-state index contributed by atoms with van der Waals surface area (Å²) in [7, 11) is 0. The number of rotatable bonds is 5. The van der Waals surface area contributed by atoms with Gasteiger partial charge in [-0.05, 0) is 24.3 Å². The Labute approximate surface area is 149 Å². The molecule has 8 nitrogen and oxygen atoms in total. The average molecular weight is 354 g/mol. The van der Waals surface area contributed by atoms with Crippen LogP contribution in [0, 0.1) is 10.1 Å². The number of aromatic nitrogens is 1. The first-order valence-electron chi connectivity index (χ1n) is 8.40. The van der Waals surface area contributed by atoms with Gasteiger partial charge < -0.3 is 13.8 Å². The summed E-state index contributed by atoms with van der Waals surface area (Å²) in [6.07, 6.45) is 1.61. The molecular formula is C18H18N4O4. The van der Waals surface area contributed by atoms with E-state index in [1.165, 1.54) is 0 Å². The maximum atomic E-state index is 10.7. The average Bonchev–Trinajstić information content (AvgIpc) is 3.34. The van der Waals surface area contributed by atoms with E-state index in [1.807, 2.05) is 18.2 Å². The lowest BCUT2D eigenvalue weighted by atomic mass is 10.2. The highest BCUT2D eigenvalue weighted by molar-refractivity contribution is 5.51. The van der Waals surface area contributed by atoms with Crippen molar-refractivity contribution < 1.29 is 13.9 Å². The van der Waals surface area contributed by atoms with Gasteiger partial charge in [0.05, 0.1) is 16.9 Å². The molecule has 0 spiro atoms. The Morgan fingerprint density at radius 2 is 1.85 bits per heavy atom. The normalized spacial score (nSPS) is 15.3. The molecule has 0 atom stereocenters. The molecule has 1 aromatic carbocycles. The summed E-state index contributed by atoms with van der Waals surface area (Å²) in [6, 6.07) is 12.3. The molecule has 3 aromatic rings. The molecule has 4 rings (SSSR count). The SMILES string of the molecule is O=[N+]([O-])c1ccc(N2CCN(Cc3cc(-c4ccco4)on3)CC2)cc1. The first kappa shape index (κ1) is 16.3. The van der Waals surface area contributed by atoms with Crippen molar-refractivity contribution in [1.29, 1.82) is 0 Å². The highest BCUT2D eigenvalue weighted by Crippen LogP contribution is 2.23. The number of nitro groups is 1. The topological polar surface area (TPSA) is 88.8 Å². The molecule has 3 heterocycles. The Hall–Kier alpha value is -3.13. The van der Waals surface area contributed by atoms with Gasteiger partial charge in [-0.1, -0.05) is 5.16 Å². The van der Waals surface area contributed by atoms with Crippen LogP contribution >= 0.6 is 0 Å². The third kappa shape index (κ3) is 3.45. The molecule has 2 aromatic heterocycles. The number of non-ortho nitro benzene ring substituents is 1. The Kier molecular flexibility index (Phi) is 4.40. The van der Waals surface area contributed by atoms with Crippen LogP contribution in [0.15, 0.2) is 57.7 Å². The van der Waals surface area contributed by atoms with Gasteiger partial charge in [0, 0.05) is 56.6 Å². The van der Waals surface area contributed by atoms with Gasteiger partial charge in [-0.3, -0.25) is 15.0 Å². The molecule has 134 valence electrons. The lowest BCUT2D eigenvalue weighted by molar-refractivity contribution is -0.384. The third-order valence-electron chi connectivity index (χ3n) is 4.51. The highest BCUT2D eigenvalue weighted by atomic mass is 16.6. The number of hydrogen-bond acceptors (Lipinski definition) is 7. The summed E-state index contributed by atoms with van der Waals surface area (Å²) < 4.78 is 10.6. The molecule has 1 aliphatic heterocycles. The maximum Gasteiger partial charge on any atom is 0.269 e. The van der Waals surface area contributed by atoms with Crippen molar-refractivity contribution in [2.75, 3.05) is 31.1 Å². The Morgan fingerprint density at radius 1 is 1.08 bits per heavy atom. The van der Waals surface area contributed by atoms with Crippen molar-refractivity contribution in [3.05, 3.63) is 64.5 Å². The molecule has 0 aliphatic carbocycles. The second kappa shape index (κ2) is 7.01. The minimum absolute atomic E-state index is 0.116. The van der Waals surface area contributed by atoms with E-state index >= 15 is 0 Å². The summed E-state index contributed by atoms with van der Waals surface area (Å²) in [4.78, 5) is 14.9. The first-order chi connectivity index (χ1) is 12.7. The van der Waals surface area contributed by atoms with Crippen molar-refractivity contribution in [3.8, 4) is 11.5 Å². The Morgan fingerprint density at radius 3 is 2.50 bits per heavy atom. The summed E-state index contributed by atoms with van der Waals surface area (Å²) >= 11 is 0. The molecule has 26 heavy (non-hydrogen) atoms. The second-order valence-electron chi connectivity index (χ2n) is 6.20. The van der Waals surface area contributed by atoms with Gasteiger partial charge >= 0.3 is 0 Å². The number of benzene rings is 1. The van der Waals surface area contributed by atoms with Crippen LogP contribution in [-0.2, 0) is 6.54 Å². The number of anilines is 1. The van der Waals surface area contributed by atoms with Crippen LogP contribution < -0.4 is 4.90 Å². The van der Waals surface area contributed by atoms with Crippen molar-refractivity contribution >= 4 is 11.4 Å². The summed E-state index contributed by atoms with van der Waals surface area (Å²) in [5, 5.41) is 14.9. The first-order valence-corrected chi connectivity index (χ1v) is 8.40. The van der Waals surface area contributed by atoms with E-state index in [0.717, 1.165) is 44.1 Å². The van der Waals surface area contributed by atoms with E-state index in [0.29, 0.717) is 11.5 Å². The van der Waals surface area contributed by atoms with Gasteiger partial charge in [0.2, 0.25) is 5.76 Å². The van der Waals surface area contributed by atoms with Crippen LogP contribution in [0.5, 0.6) is 0 Å². The van der Waals surface area contributed by atoms with E-state index in [4.69, 9.17) is 8.94 Å². The standard InChI is InChI=1S/C18H18N4O4/c23-22(24)16-5-3-15(4-6-16)21-9-7-20(8-10-21)13-14-12-18(26-19-14)17-2-1-11-25-17/h1-6,11-12H,7-10,13H2. The minimum atomic E-state index is -0.378. The van der Waals surface area contributed by atoms with E-state index < -0.39 is 0 Å². The number of piperazine rings is 1. The lowest BCUT2D eigenvalue weighted by Gasteiger charge is -2.35. The van der Waals surface area contributed by atoms with Gasteiger partial charge in [-0.2, -0.15) is 0 Å². The summed E-state index contributed by atoms with van der Waals surface area (Å²) in [5.74, 6) is 1.31. The van der Waals surface area contributed by atoms with Crippen molar-refractivity contribution in [2.24, 2.45) is 0 Å². The largest absolute Gasteiger partial charge is 0.461 e. The van der Waals surface area contributed by atoms with E-state index in [9.17, 15) is 10.1 Å². The predicted octanol–water partition coefficient (Wildman–Crippen LogP) is 3.17. The summed E-state index contributed by atoms with van der Waals surface area (Å²) in [5.41, 5.74) is 2.00. The molecule has 0 saturated carbocycles. The lowest BCUT2D eigenvalue weighted by Crippen LogP contribution is -2.46. The van der Waals surface area contributed by atoms with E-state index in [1.54, 1.807) is 30.5 Å². The molecule has 0 radical (unpaired) electrons. The number of nitrogens with zero attached hydrogens (tertiary/aromatic N) is 4. The number of nitro benzene ring substituents is 1. The quantitative estimate of drug-likeness (QED) is 0.513. The van der Waals surface area contributed by atoms with Gasteiger partial charge in [-0.25, -0.2) is 0 Å². The molecule has 1 saturated heterocycles. The third-order valence-corrected chi connectivity index (χ3v) is 4.51. The maximum absolute atomic E-state index is 10.7. The molecule has 0 unspecified atom stereocenters. The molecule has 0 N–H and O–H groups in total. The van der Waals surface area contributed by atoms with Gasteiger partial charge in [0.1, 0.15) is 0 Å². The van der Waals surface area contributed by atoms with Gasteiger partial charge in [-0.15, -0.1) is 0 Å². The van der Waals surface area contributed by atoms with Crippen molar-refractivity contribution in [2.45, 2.75) is 6.54 Å². The highest BCUT2D eigenvalue weighted by Gasteiger charge is 2.19. The van der Waals surface area contributed by atoms with Crippen LogP contribution in [0.25, 0.3) is 11.5 Å². The predicted molar refractivity (Wildman–Crippen MR) is 94.8 cm³/mol. The fourth-order valence-electron chi connectivity index (χ4n) is 3.10. The minimum Gasteiger partial charge on any atom is -0.461 e. The summed E-state index contributed by atoms with van der Waals surface area (Å²) in [6.45, 7) is 4.22. The molecule has 1 fully saturated rings. The Balaban J connectivity index is 1.33. The zero-order chi connectivity index (χ0) is 17.9. The Bertz CT molecular complexity index is 865. The van der Waals surface area contributed by atoms with Crippen molar-refractivity contribution in [1.82, 2.24) is 10.1 Å². The smallest absolute Gasteiger partial charge is 0.269 e. The second-order valence-corrected chi connectivity index (χ2v) is 6.20. The van der Waals surface area contributed by atoms with E-state index in [-0.39, 0.29) is 10.6 Å². The molecule has 0 bridgehead atoms. The van der Waals surface area contributed by atoms with Gasteiger partial charge in [0.25, 0.3) is 5.69 Å². The molecule has 1 aliphatic rings. The zero-order valence-electron chi connectivity index (χ0n) is 14.1. The van der Waals surface area contributed by atoms with Crippen molar-refractivity contribution in [3.63, 3.8) is 0 Å². The molecule has 0 amide bonds. The zero-order valence-corrected chi connectivity index (χ0v) is 14.1. The fourth-order valence-corrected chi connectivity index (χ4v) is 3.10. The van der Waals surface area contributed by atoms with Crippen LogP contribution in [0.2, 0.25) is 0 Å². The number of furan rings is 1. The fraction of sp³-hybridized carbons (Fsp3) is 0.278. The number of hydrogen-bond donors (Lipinski definition) is 0. The van der Waals surface area contributed by atoms with E-state index in [2.05, 4.69) is 15.0 Å². The molecule has 8 heteroatoms. The monoisotopic (exact) mass is 354 g/mol. The van der Waals surface area contributed by atoms with Crippen LogP contribution in [0.1, 0.15) is 5.69 Å². The van der Waals surface area contributed by atoms with Crippen LogP contribution in [0.3, 0.4) is 0 Å². The van der Waals surface area contributed by atoms with Gasteiger partial charge in [0.15, 0.2) is 5.76 Å².